The van der Waals surface area contributed by atoms with Crippen LogP contribution in [0.25, 0.3) is 0 Å². The lowest BCUT2D eigenvalue weighted by Crippen LogP contribution is -2.32. The Morgan fingerprint density at radius 2 is 1.33 bits per heavy atom. The lowest BCUT2D eigenvalue weighted by atomic mass is 10.1. The number of carboxylic acid groups (broad SMARTS) is 1. The molecule has 2 aromatic carbocycles. The molecule has 0 aliphatic heterocycles. The van der Waals surface area contributed by atoms with Crippen LogP contribution in [0, 0.1) is 0 Å². The highest BCUT2D eigenvalue weighted by molar-refractivity contribution is 5.73. The molecule has 2 rings (SSSR count). The highest BCUT2D eigenvalue weighted by Gasteiger charge is 2.11. The van der Waals surface area contributed by atoms with Gasteiger partial charge in [-0.05, 0) is 42.5 Å². The quantitative estimate of drug-likeness (QED) is 0.371. The molecule has 0 aliphatic carbocycles. The van der Waals surface area contributed by atoms with Crippen LogP contribution in [-0.4, -0.2) is 40.5 Å². The summed E-state index contributed by atoms with van der Waals surface area (Å²) < 4.78 is 5.65. The predicted molar refractivity (Wildman–Crippen MR) is 118 cm³/mol. The topological polar surface area (TPSA) is 113 Å². The third-order valence-electron chi connectivity index (χ3n) is 4.51. The van der Waals surface area contributed by atoms with Crippen molar-refractivity contribution in [1.29, 1.82) is 0 Å². The van der Waals surface area contributed by atoms with Crippen molar-refractivity contribution >= 4 is 5.97 Å². The Morgan fingerprint density at radius 1 is 0.800 bits per heavy atom. The minimum atomic E-state index is -0.991. The minimum Gasteiger partial charge on any atom is -0.489 e. The zero-order valence-corrected chi connectivity index (χ0v) is 17.6. The smallest absolute Gasteiger partial charge is 0.320 e. The Hall–Kier alpha value is -2.41. The molecule has 0 heterocycles. The Labute approximate surface area is 179 Å². The fraction of sp³-hybridized carbons (Fsp3) is 0.458. The molecule has 30 heavy (non-hydrogen) atoms. The van der Waals surface area contributed by atoms with E-state index in [4.69, 9.17) is 25.8 Å². The zero-order chi connectivity index (χ0) is 22.0. The van der Waals surface area contributed by atoms with Crippen LogP contribution in [-0.2, 0) is 17.8 Å². The van der Waals surface area contributed by atoms with Crippen LogP contribution < -0.4 is 10.5 Å². The maximum atomic E-state index is 10.7. The summed E-state index contributed by atoms with van der Waals surface area (Å²) in [6, 6.07) is 16.4. The molecular formula is C24H35NO5. The number of unbranched alkanes of at least 4 members (excludes halogenated alkanes) is 5. The van der Waals surface area contributed by atoms with Crippen LogP contribution >= 0.6 is 0 Å². The second-order valence-corrected chi connectivity index (χ2v) is 7.14. The summed E-state index contributed by atoms with van der Waals surface area (Å²) in [6.07, 6.45) is 6.82. The molecule has 0 amide bonds. The third-order valence-corrected chi connectivity index (χ3v) is 4.51. The fourth-order valence-corrected chi connectivity index (χ4v) is 2.73. The number of nitrogens with two attached hydrogens (primary N) is 1. The molecule has 1 unspecified atom stereocenters. The van der Waals surface area contributed by atoms with Crippen molar-refractivity contribution < 1.29 is 24.9 Å². The lowest BCUT2D eigenvalue weighted by Gasteiger charge is -2.09. The maximum absolute atomic E-state index is 10.7. The summed E-state index contributed by atoms with van der Waals surface area (Å²) in [5.41, 5.74) is 7.47. The molecule has 6 nitrogen and oxygen atoms in total. The van der Waals surface area contributed by atoms with Crippen LogP contribution in [0.4, 0.5) is 0 Å². The molecule has 0 spiro atoms. The molecule has 0 saturated heterocycles. The first-order valence-electron chi connectivity index (χ1n) is 10.5. The second kappa shape index (κ2) is 16.4. The summed E-state index contributed by atoms with van der Waals surface area (Å²) in [6.45, 7) is 1.15. The Kier molecular flexibility index (Phi) is 14.0. The number of carboxylic acids is 1. The van der Waals surface area contributed by atoms with Gasteiger partial charge in [0, 0.05) is 13.2 Å². The third kappa shape index (κ3) is 12.2. The molecule has 2 aromatic rings. The number of hydrogen-bond donors (Lipinski definition) is 4. The van der Waals surface area contributed by atoms with Crippen molar-refractivity contribution in [1.82, 2.24) is 0 Å². The van der Waals surface area contributed by atoms with Gasteiger partial charge in [-0.2, -0.15) is 0 Å². The van der Waals surface area contributed by atoms with E-state index in [1.807, 2.05) is 54.6 Å². The molecule has 6 heteroatoms. The van der Waals surface area contributed by atoms with Crippen molar-refractivity contribution in [3.8, 4) is 5.75 Å². The van der Waals surface area contributed by atoms with Gasteiger partial charge in [0.15, 0.2) is 0 Å². The molecule has 0 saturated carbocycles. The molecule has 5 N–H and O–H groups in total. The number of hydrogen-bond acceptors (Lipinski definition) is 5. The number of aliphatic hydroxyl groups excluding tert-OH is 2. The van der Waals surface area contributed by atoms with E-state index in [9.17, 15) is 4.79 Å². The Balaban J connectivity index is 0.000000382. The average Bonchev–Trinajstić information content (AvgIpc) is 2.77. The average molecular weight is 418 g/mol. The van der Waals surface area contributed by atoms with Gasteiger partial charge in [0.25, 0.3) is 0 Å². The summed E-state index contributed by atoms with van der Waals surface area (Å²) in [4.78, 5) is 10.7. The first-order valence-corrected chi connectivity index (χ1v) is 10.5. The molecule has 0 fully saturated rings. The summed E-state index contributed by atoms with van der Waals surface area (Å²) in [7, 11) is 0. The van der Waals surface area contributed by atoms with Crippen molar-refractivity contribution in [3.05, 3.63) is 65.7 Å². The Morgan fingerprint density at radius 3 is 1.83 bits per heavy atom. The monoisotopic (exact) mass is 417 g/mol. The van der Waals surface area contributed by atoms with Gasteiger partial charge in [0.05, 0.1) is 0 Å². The van der Waals surface area contributed by atoms with Gasteiger partial charge in [-0.3, -0.25) is 4.79 Å². The highest BCUT2D eigenvalue weighted by atomic mass is 16.5. The van der Waals surface area contributed by atoms with Gasteiger partial charge in [-0.25, -0.2) is 0 Å². The predicted octanol–water partition coefficient (Wildman–Crippen LogP) is 3.53. The molecule has 0 aromatic heterocycles. The Bertz CT molecular complexity index is 668. The van der Waals surface area contributed by atoms with E-state index >= 15 is 0 Å². The summed E-state index contributed by atoms with van der Waals surface area (Å²) in [5, 5.41) is 25.6. The van der Waals surface area contributed by atoms with E-state index in [-0.39, 0.29) is 0 Å². The highest BCUT2D eigenvalue weighted by Crippen LogP contribution is 2.15. The van der Waals surface area contributed by atoms with E-state index in [1.165, 1.54) is 12.8 Å². The van der Waals surface area contributed by atoms with Crippen molar-refractivity contribution in [2.75, 3.05) is 13.2 Å². The van der Waals surface area contributed by atoms with E-state index in [0.717, 1.165) is 42.6 Å². The van der Waals surface area contributed by atoms with Gasteiger partial charge in [0.1, 0.15) is 18.4 Å². The summed E-state index contributed by atoms with van der Waals surface area (Å²) >= 11 is 0. The van der Waals surface area contributed by atoms with Crippen LogP contribution in [0.3, 0.4) is 0 Å². The number of aliphatic hydroxyl groups is 2. The summed E-state index contributed by atoms with van der Waals surface area (Å²) in [5.74, 6) is -0.240. The van der Waals surface area contributed by atoms with E-state index < -0.39 is 12.0 Å². The SMILES string of the molecule is NC(Cc1ccc(OCc2ccccc2)cc1)C(=O)O.OCCCCCCCCO. The van der Waals surface area contributed by atoms with Crippen molar-refractivity contribution in [2.45, 2.75) is 57.6 Å². The van der Waals surface area contributed by atoms with Crippen LogP contribution in [0.2, 0.25) is 0 Å². The first-order chi connectivity index (χ1) is 14.6. The van der Waals surface area contributed by atoms with Crippen LogP contribution in [0.5, 0.6) is 5.75 Å². The number of ether oxygens (including phenoxy) is 1. The standard InChI is InChI=1S/C16H17NO3.C8H18O2/c17-15(16(18)19)10-12-6-8-14(9-7-12)20-11-13-4-2-1-3-5-13;9-7-5-3-1-2-4-6-8-10/h1-9,15H,10-11,17H2,(H,18,19);9-10H,1-8H2. The molecule has 0 bridgehead atoms. The van der Waals surface area contributed by atoms with E-state index in [2.05, 4.69) is 0 Å². The van der Waals surface area contributed by atoms with Gasteiger partial charge in [-0.1, -0.05) is 68.1 Å². The number of aliphatic carboxylic acids is 1. The molecular weight excluding hydrogens is 382 g/mol. The number of carbonyl (C=O) groups is 1. The molecule has 0 aliphatic rings. The molecule has 1 atom stereocenters. The van der Waals surface area contributed by atoms with Gasteiger partial charge in [-0.15, -0.1) is 0 Å². The van der Waals surface area contributed by atoms with Gasteiger partial charge in [0.2, 0.25) is 0 Å². The van der Waals surface area contributed by atoms with E-state index in [1.54, 1.807) is 0 Å². The van der Waals surface area contributed by atoms with E-state index in [0.29, 0.717) is 26.2 Å². The molecule has 0 radical (unpaired) electrons. The largest absolute Gasteiger partial charge is 0.489 e. The normalized spacial score (nSPS) is 11.3. The fourth-order valence-electron chi connectivity index (χ4n) is 2.73. The number of benzene rings is 2. The minimum absolute atomic E-state index is 0.314. The second-order valence-electron chi connectivity index (χ2n) is 7.14. The van der Waals surface area contributed by atoms with Gasteiger partial charge >= 0.3 is 5.97 Å². The zero-order valence-electron chi connectivity index (χ0n) is 17.6. The van der Waals surface area contributed by atoms with Crippen LogP contribution in [0.1, 0.15) is 49.7 Å². The number of rotatable bonds is 13. The maximum Gasteiger partial charge on any atom is 0.320 e. The molecule has 166 valence electrons. The van der Waals surface area contributed by atoms with Crippen LogP contribution in [0.15, 0.2) is 54.6 Å². The van der Waals surface area contributed by atoms with Crippen molar-refractivity contribution in [2.24, 2.45) is 5.73 Å². The first kappa shape index (κ1) is 25.6. The van der Waals surface area contributed by atoms with Gasteiger partial charge < -0.3 is 25.8 Å². The van der Waals surface area contributed by atoms with Crippen molar-refractivity contribution in [3.63, 3.8) is 0 Å². The lowest BCUT2D eigenvalue weighted by molar-refractivity contribution is -0.138.